The van der Waals surface area contributed by atoms with Crippen LogP contribution in [0.15, 0.2) is 30.3 Å². The summed E-state index contributed by atoms with van der Waals surface area (Å²) in [4.78, 5) is 2.50. The maximum atomic E-state index is 6.28. The first-order chi connectivity index (χ1) is 9.28. The Morgan fingerprint density at radius 1 is 1.37 bits per heavy atom. The molecular formula is C16H26N2O. The van der Waals surface area contributed by atoms with Gasteiger partial charge in [-0.15, -0.1) is 0 Å². The molecule has 1 aromatic carbocycles. The van der Waals surface area contributed by atoms with Crippen molar-refractivity contribution < 1.29 is 4.74 Å². The smallest absolute Gasteiger partial charge is 0.0502 e. The summed E-state index contributed by atoms with van der Waals surface area (Å²) in [6.07, 6.45) is 3.52. The fourth-order valence-electron chi connectivity index (χ4n) is 3.00. The molecule has 2 rings (SSSR count). The summed E-state index contributed by atoms with van der Waals surface area (Å²) in [6, 6.07) is 10.8. The first-order valence-corrected chi connectivity index (χ1v) is 7.28. The van der Waals surface area contributed by atoms with E-state index in [4.69, 9.17) is 10.5 Å². The van der Waals surface area contributed by atoms with Crippen molar-refractivity contribution in [1.82, 2.24) is 4.90 Å². The summed E-state index contributed by atoms with van der Waals surface area (Å²) >= 11 is 0. The lowest BCUT2D eigenvalue weighted by molar-refractivity contribution is 0.0878. The number of hydrogen-bond acceptors (Lipinski definition) is 3. The second-order valence-corrected chi connectivity index (χ2v) is 5.67. The van der Waals surface area contributed by atoms with Crippen LogP contribution in [-0.4, -0.2) is 44.3 Å². The summed E-state index contributed by atoms with van der Waals surface area (Å²) < 4.78 is 5.27. The molecule has 0 amide bonds. The number of nitrogens with zero attached hydrogens (tertiary/aromatic N) is 1. The van der Waals surface area contributed by atoms with E-state index in [1.54, 1.807) is 7.11 Å². The summed E-state index contributed by atoms with van der Waals surface area (Å²) in [6.45, 7) is 4.19. The van der Waals surface area contributed by atoms with Crippen LogP contribution in [0.4, 0.5) is 0 Å². The number of nitrogens with two attached hydrogens (primary N) is 1. The molecule has 3 heteroatoms. The van der Waals surface area contributed by atoms with Crippen molar-refractivity contribution in [1.29, 1.82) is 0 Å². The van der Waals surface area contributed by atoms with Gasteiger partial charge in [-0.3, -0.25) is 0 Å². The number of methoxy groups -OCH3 is 1. The number of hydrogen-bond donors (Lipinski definition) is 1. The van der Waals surface area contributed by atoms with E-state index in [-0.39, 0.29) is 6.04 Å². The molecule has 1 saturated heterocycles. The van der Waals surface area contributed by atoms with Gasteiger partial charge in [-0.2, -0.15) is 0 Å². The fourth-order valence-corrected chi connectivity index (χ4v) is 3.00. The van der Waals surface area contributed by atoms with Gasteiger partial charge in [0.15, 0.2) is 0 Å². The molecule has 19 heavy (non-hydrogen) atoms. The van der Waals surface area contributed by atoms with Gasteiger partial charge >= 0.3 is 0 Å². The third-order valence-corrected chi connectivity index (χ3v) is 3.84. The second-order valence-electron chi connectivity index (χ2n) is 5.67. The molecule has 1 aromatic rings. The van der Waals surface area contributed by atoms with Crippen LogP contribution in [0, 0.1) is 5.92 Å². The Kier molecular flexibility index (Phi) is 5.83. The third kappa shape index (κ3) is 4.94. The van der Waals surface area contributed by atoms with E-state index in [2.05, 4.69) is 35.2 Å². The van der Waals surface area contributed by atoms with Gasteiger partial charge in [-0.05, 0) is 37.3 Å². The average Bonchev–Trinajstić information content (AvgIpc) is 2.40. The first-order valence-electron chi connectivity index (χ1n) is 7.28. The molecule has 0 bridgehead atoms. The molecule has 2 unspecified atom stereocenters. The zero-order chi connectivity index (χ0) is 13.5. The largest absolute Gasteiger partial charge is 0.384 e. The lowest BCUT2D eigenvalue weighted by Gasteiger charge is -2.34. The molecule has 0 spiro atoms. The highest BCUT2D eigenvalue weighted by molar-refractivity contribution is 5.15. The van der Waals surface area contributed by atoms with Gasteiger partial charge in [-0.25, -0.2) is 0 Å². The molecule has 1 fully saturated rings. The zero-order valence-electron chi connectivity index (χ0n) is 11.9. The molecule has 2 N–H and O–H groups in total. The van der Waals surface area contributed by atoms with Crippen LogP contribution in [0.3, 0.4) is 0 Å². The molecule has 106 valence electrons. The van der Waals surface area contributed by atoms with Crippen LogP contribution in [0.5, 0.6) is 0 Å². The number of likely N-dealkylation sites (tertiary alicyclic amines) is 1. The van der Waals surface area contributed by atoms with Crippen LogP contribution in [0.2, 0.25) is 0 Å². The first kappa shape index (κ1) is 14.5. The number of ether oxygens (including phenoxy) is 1. The van der Waals surface area contributed by atoms with E-state index in [0.717, 1.165) is 26.1 Å². The van der Waals surface area contributed by atoms with Gasteiger partial charge in [0.05, 0.1) is 6.61 Å². The molecule has 1 aliphatic heterocycles. The van der Waals surface area contributed by atoms with Crippen LogP contribution in [-0.2, 0) is 11.2 Å². The standard InChI is InChI=1S/C16H26N2O/c1-19-13-15-8-5-9-18(11-15)12-16(17)10-14-6-3-2-4-7-14/h2-4,6-7,15-16H,5,8-13,17H2,1H3. The summed E-state index contributed by atoms with van der Waals surface area (Å²) in [7, 11) is 1.79. The third-order valence-electron chi connectivity index (χ3n) is 3.84. The summed E-state index contributed by atoms with van der Waals surface area (Å²) in [5.41, 5.74) is 7.62. The highest BCUT2D eigenvalue weighted by Crippen LogP contribution is 2.17. The number of benzene rings is 1. The topological polar surface area (TPSA) is 38.5 Å². The Hall–Kier alpha value is -0.900. The van der Waals surface area contributed by atoms with Crippen molar-refractivity contribution in [2.24, 2.45) is 11.7 Å². The Morgan fingerprint density at radius 2 is 2.16 bits per heavy atom. The highest BCUT2D eigenvalue weighted by Gasteiger charge is 2.21. The minimum Gasteiger partial charge on any atom is -0.384 e. The second kappa shape index (κ2) is 7.63. The molecule has 3 nitrogen and oxygen atoms in total. The van der Waals surface area contributed by atoms with Crippen molar-refractivity contribution in [3.63, 3.8) is 0 Å². The zero-order valence-corrected chi connectivity index (χ0v) is 11.9. The van der Waals surface area contributed by atoms with Gasteiger partial charge in [0.2, 0.25) is 0 Å². The Bertz CT molecular complexity index is 353. The molecule has 0 aliphatic carbocycles. The SMILES string of the molecule is COCC1CCCN(CC(N)Cc2ccccc2)C1. The number of piperidine rings is 1. The maximum Gasteiger partial charge on any atom is 0.0502 e. The van der Waals surface area contributed by atoms with E-state index >= 15 is 0 Å². The predicted octanol–water partition coefficient (Wildman–Crippen LogP) is 1.91. The van der Waals surface area contributed by atoms with Crippen LogP contribution >= 0.6 is 0 Å². The summed E-state index contributed by atoms with van der Waals surface area (Å²) in [5.74, 6) is 0.683. The van der Waals surface area contributed by atoms with Crippen molar-refractivity contribution in [3.8, 4) is 0 Å². The van der Waals surface area contributed by atoms with E-state index in [1.165, 1.54) is 24.9 Å². The lowest BCUT2D eigenvalue weighted by atomic mass is 9.98. The predicted molar refractivity (Wildman–Crippen MR) is 79.2 cm³/mol. The monoisotopic (exact) mass is 262 g/mol. The average molecular weight is 262 g/mol. The fraction of sp³-hybridized carbons (Fsp3) is 0.625. The molecule has 2 atom stereocenters. The molecule has 0 saturated carbocycles. The number of rotatable bonds is 6. The normalized spacial score (nSPS) is 22.3. The van der Waals surface area contributed by atoms with Crippen molar-refractivity contribution >= 4 is 0 Å². The van der Waals surface area contributed by atoms with Crippen LogP contribution in [0.1, 0.15) is 18.4 Å². The van der Waals surface area contributed by atoms with Gasteiger partial charge in [-0.1, -0.05) is 30.3 Å². The minimum atomic E-state index is 0.226. The van der Waals surface area contributed by atoms with Gasteiger partial charge < -0.3 is 15.4 Å². The van der Waals surface area contributed by atoms with Gasteiger partial charge in [0.1, 0.15) is 0 Å². The molecule has 1 heterocycles. The minimum absolute atomic E-state index is 0.226. The van der Waals surface area contributed by atoms with Gasteiger partial charge in [0, 0.05) is 26.2 Å². The maximum absolute atomic E-state index is 6.28. The molecule has 0 aromatic heterocycles. The van der Waals surface area contributed by atoms with Gasteiger partial charge in [0.25, 0.3) is 0 Å². The molecule has 1 aliphatic rings. The van der Waals surface area contributed by atoms with Crippen LogP contribution in [0.25, 0.3) is 0 Å². The van der Waals surface area contributed by atoms with E-state index in [1.807, 2.05) is 0 Å². The van der Waals surface area contributed by atoms with Crippen molar-refractivity contribution in [3.05, 3.63) is 35.9 Å². The molecular weight excluding hydrogens is 236 g/mol. The quantitative estimate of drug-likeness (QED) is 0.851. The van der Waals surface area contributed by atoms with E-state index < -0.39 is 0 Å². The van der Waals surface area contributed by atoms with E-state index in [0.29, 0.717) is 5.92 Å². The van der Waals surface area contributed by atoms with Crippen molar-refractivity contribution in [2.75, 3.05) is 33.4 Å². The lowest BCUT2D eigenvalue weighted by Crippen LogP contribution is -2.44. The van der Waals surface area contributed by atoms with E-state index in [9.17, 15) is 0 Å². The summed E-state index contributed by atoms with van der Waals surface area (Å²) in [5, 5.41) is 0. The Balaban J connectivity index is 1.77. The Morgan fingerprint density at radius 3 is 2.89 bits per heavy atom. The Labute approximate surface area is 116 Å². The van der Waals surface area contributed by atoms with Crippen molar-refractivity contribution in [2.45, 2.75) is 25.3 Å². The van der Waals surface area contributed by atoms with Crippen LogP contribution < -0.4 is 5.73 Å². The highest BCUT2D eigenvalue weighted by atomic mass is 16.5. The molecule has 0 radical (unpaired) electrons.